The highest BCUT2D eigenvalue weighted by atomic mass is 16.6. The Kier molecular flexibility index (Phi) is 48.4. The number of ether oxygens (including phenoxy) is 3. The van der Waals surface area contributed by atoms with Crippen molar-refractivity contribution in [3.63, 3.8) is 0 Å². The lowest BCUT2D eigenvalue weighted by Gasteiger charge is -2.18. The minimum atomic E-state index is -0.562. The van der Waals surface area contributed by atoms with Crippen LogP contribution in [0.3, 0.4) is 0 Å². The van der Waals surface area contributed by atoms with E-state index in [0.29, 0.717) is 25.9 Å². The molecule has 0 rings (SSSR count). The summed E-state index contributed by atoms with van der Waals surface area (Å²) in [6.45, 7) is 7.61. The smallest absolute Gasteiger partial charge is 0.306 e. The fourth-order valence-corrected chi connectivity index (χ4v) is 7.01. The van der Waals surface area contributed by atoms with E-state index in [4.69, 9.17) is 14.2 Å². The van der Waals surface area contributed by atoms with Crippen LogP contribution in [0.4, 0.5) is 0 Å². The third-order valence-electron chi connectivity index (χ3n) is 10.8. The third-order valence-corrected chi connectivity index (χ3v) is 10.8. The van der Waals surface area contributed by atoms with Gasteiger partial charge in [0.1, 0.15) is 6.61 Å². The summed E-state index contributed by atoms with van der Waals surface area (Å²) in [6, 6.07) is 0. The zero-order valence-corrected chi connectivity index (χ0v) is 39.7. The lowest BCUT2D eigenvalue weighted by Crippen LogP contribution is -2.30. The number of carbonyl (C=O) groups excluding carboxylic acids is 2. The Morgan fingerprint density at radius 3 is 1.17 bits per heavy atom. The number of esters is 2. The minimum Gasteiger partial charge on any atom is -0.462 e. The van der Waals surface area contributed by atoms with Gasteiger partial charge in [0.15, 0.2) is 6.10 Å². The van der Waals surface area contributed by atoms with E-state index in [-0.39, 0.29) is 25.2 Å². The lowest BCUT2D eigenvalue weighted by atomic mass is 10.0. The molecule has 5 nitrogen and oxygen atoms in total. The topological polar surface area (TPSA) is 61.8 Å². The van der Waals surface area contributed by atoms with Gasteiger partial charge in [0.05, 0.1) is 6.61 Å². The molecule has 0 spiro atoms. The van der Waals surface area contributed by atoms with E-state index in [0.717, 1.165) is 64.2 Å². The molecule has 5 heteroatoms. The van der Waals surface area contributed by atoms with Gasteiger partial charge in [0.25, 0.3) is 0 Å². The average molecular weight is 837 g/mol. The van der Waals surface area contributed by atoms with E-state index in [1.807, 2.05) is 6.08 Å². The van der Waals surface area contributed by atoms with Crippen molar-refractivity contribution in [2.24, 2.45) is 0 Å². The Morgan fingerprint density at radius 2 is 0.750 bits per heavy atom. The normalized spacial score (nSPS) is 12.8. The molecule has 0 aliphatic rings. The highest BCUT2D eigenvalue weighted by Crippen LogP contribution is 2.15. The summed E-state index contributed by atoms with van der Waals surface area (Å²) in [5, 5.41) is 0. The fourth-order valence-electron chi connectivity index (χ4n) is 7.01. The van der Waals surface area contributed by atoms with Crippen molar-refractivity contribution in [2.45, 2.75) is 245 Å². The summed E-state index contributed by atoms with van der Waals surface area (Å²) in [5.74, 6) is -0.491. The largest absolute Gasteiger partial charge is 0.462 e. The van der Waals surface area contributed by atoms with Crippen molar-refractivity contribution >= 4 is 11.9 Å². The van der Waals surface area contributed by atoms with E-state index < -0.39 is 6.10 Å². The first-order valence-electron chi connectivity index (χ1n) is 25.5. The van der Waals surface area contributed by atoms with Crippen molar-refractivity contribution in [2.75, 3.05) is 19.8 Å². The molecule has 0 saturated carbocycles. The number of hydrogen-bond acceptors (Lipinski definition) is 5. The molecular formula is C55H96O5. The van der Waals surface area contributed by atoms with Crippen LogP contribution in [0.1, 0.15) is 239 Å². The number of rotatable bonds is 46. The van der Waals surface area contributed by atoms with Crippen LogP contribution in [-0.4, -0.2) is 37.9 Å². The molecule has 0 aromatic carbocycles. The lowest BCUT2D eigenvalue weighted by molar-refractivity contribution is -0.162. The van der Waals surface area contributed by atoms with Gasteiger partial charge in [0, 0.05) is 19.4 Å². The van der Waals surface area contributed by atoms with Crippen molar-refractivity contribution in [3.8, 4) is 0 Å². The molecule has 0 N–H and O–H groups in total. The molecule has 0 heterocycles. The van der Waals surface area contributed by atoms with E-state index >= 15 is 0 Å². The van der Waals surface area contributed by atoms with Gasteiger partial charge in [-0.05, 0) is 57.8 Å². The number of carbonyl (C=O) groups is 2. The highest BCUT2D eigenvalue weighted by Gasteiger charge is 2.17. The summed E-state index contributed by atoms with van der Waals surface area (Å²) in [4.78, 5) is 25.2. The molecule has 0 bridgehead atoms. The minimum absolute atomic E-state index is 0.0457. The van der Waals surface area contributed by atoms with Crippen molar-refractivity contribution < 1.29 is 23.8 Å². The molecule has 0 saturated heterocycles. The summed E-state index contributed by atoms with van der Waals surface area (Å²) in [5.41, 5.74) is 0. The number of allylic oxidation sites excluding steroid dienone is 12. The van der Waals surface area contributed by atoms with Gasteiger partial charge in [0.2, 0.25) is 0 Å². The molecule has 0 amide bonds. The van der Waals surface area contributed by atoms with Gasteiger partial charge in [-0.3, -0.25) is 9.59 Å². The second-order valence-electron chi connectivity index (χ2n) is 16.7. The first kappa shape index (κ1) is 57.3. The predicted octanol–water partition coefficient (Wildman–Crippen LogP) is 17.1. The zero-order chi connectivity index (χ0) is 43.5. The molecule has 0 aromatic rings. The van der Waals surface area contributed by atoms with Crippen LogP contribution in [0.15, 0.2) is 72.9 Å². The Morgan fingerprint density at radius 1 is 0.383 bits per heavy atom. The maximum Gasteiger partial charge on any atom is 0.306 e. The van der Waals surface area contributed by atoms with Crippen LogP contribution in [-0.2, 0) is 23.8 Å². The number of hydrogen-bond donors (Lipinski definition) is 0. The van der Waals surface area contributed by atoms with Gasteiger partial charge in [-0.25, -0.2) is 0 Å². The maximum absolute atomic E-state index is 12.7. The monoisotopic (exact) mass is 837 g/mol. The molecule has 0 aromatic heterocycles. The van der Waals surface area contributed by atoms with Crippen molar-refractivity contribution in [1.82, 2.24) is 0 Å². The first-order chi connectivity index (χ1) is 29.6. The summed E-state index contributed by atoms with van der Waals surface area (Å²) >= 11 is 0. The molecule has 0 radical (unpaired) electrons. The van der Waals surface area contributed by atoms with E-state index in [1.54, 1.807) is 0 Å². The van der Waals surface area contributed by atoms with E-state index in [2.05, 4.69) is 87.6 Å². The number of unbranched alkanes of at least 4 members (excludes halogenated alkanes) is 23. The molecule has 1 unspecified atom stereocenters. The van der Waals surface area contributed by atoms with Gasteiger partial charge >= 0.3 is 11.9 Å². The van der Waals surface area contributed by atoms with Crippen LogP contribution >= 0.6 is 0 Å². The summed E-state index contributed by atoms with van der Waals surface area (Å²) < 4.78 is 17.2. The molecule has 0 aliphatic heterocycles. The van der Waals surface area contributed by atoms with Crippen LogP contribution in [0.2, 0.25) is 0 Å². The molecular weight excluding hydrogens is 741 g/mol. The molecule has 346 valence electrons. The Hall–Kier alpha value is -2.66. The Labute approximate surface area is 372 Å². The Balaban J connectivity index is 4.17. The van der Waals surface area contributed by atoms with E-state index in [1.165, 1.54) is 135 Å². The molecule has 0 fully saturated rings. The third kappa shape index (κ3) is 48.0. The van der Waals surface area contributed by atoms with Crippen LogP contribution in [0.25, 0.3) is 0 Å². The quantitative estimate of drug-likeness (QED) is 0.0347. The standard InChI is InChI=1S/C55H96O5/c1-4-7-10-13-16-18-20-22-24-26-28-30-32-34-36-38-40-42-45-48-54(56)59-52-53(51-58-50-47-44-15-12-9-6-3)60-55(57)49-46-43-41-39-37-35-33-31-29-27-25-23-21-19-17-14-11-8-5-2/h7,10,16,18,22,24,28,30,34,36,40,42,53H,4-6,8-9,11-15,17,19-21,23,25-27,29,31-33,35,37-39,41,43-52H2,1-3H3/b10-7-,18-16-,24-22-,30-28-,36-34-,42-40-. The molecule has 1 atom stereocenters. The van der Waals surface area contributed by atoms with Crippen LogP contribution < -0.4 is 0 Å². The van der Waals surface area contributed by atoms with E-state index in [9.17, 15) is 9.59 Å². The fraction of sp³-hybridized carbons (Fsp3) is 0.745. The second kappa shape index (κ2) is 50.7. The SMILES string of the molecule is CC/C=C\C/C=C\C/C=C\C/C=C\C/C=C\C/C=C\CCC(=O)OCC(COCCCCCCCC)OC(=O)CCCCCCCCCCCCCCCCCCCCC. The molecule has 60 heavy (non-hydrogen) atoms. The van der Waals surface area contributed by atoms with Crippen molar-refractivity contribution in [1.29, 1.82) is 0 Å². The highest BCUT2D eigenvalue weighted by molar-refractivity contribution is 5.70. The van der Waals surface area contributed by atoms with Gasteiger partial charge in [-0.1, -0.05) is 241 Å². The van der Waals surface area contributed by atoms with Crippen LogP contribution in [0, 0.1) is 0 Å². The summed E-state index contributed by atoms with van der Waals surface area (Å²) in [7, 11) is 0. The van der Waals surface area contributed by atoms with Gasteiger partial charge in [-0.2, -0.15) is 0 Å². The van der Waals surface area contributed by atoms with Gasteiger partial charge in [-0.15, -0.1) is 0 Å². The van der Waals surface area contributed by atoms with Crippen molar-refractivity contribution in [3.05, 3.63) is 72.9 Å². The summed E-state index contributed by atoms with van der Waals surface area (Å²) in [6.07, 6.45) is 65.1. The predicted molar refractivity (Wildman–Crippen MR) is 260 cm³/mol. The zero-order valence-electron chi connectivity index (χ0n) is 39.7. The first-order valence-corrected chi connectivity index (χ1v) is 25.5. The maximum atomic E-state index is 12.7. The second-order valence-corrected chi connectivity index (χ2v) is 16.7. The molecule has 0 aliphatic carbocycles. The van der Waals surface area contributed by atoms with Gasteiger partial charge < -0.3 is 14.2 Å². The Bertz CT molecular complexity index is 1080. The van der Waals surface area contributed by atoms with Crippen LogP contribution in [0.5, 0.6) is 0 Å². The average Bonchev–Trinajstić information content (AvgIpc) is 3.25.